The molecular formula is C15H24N2O2. The van der Waals surface area contributed by atoms with Crippen molar-refractivity contribution in [3.05, 3.63) is 29.8 Å². The summed E-state index contributed by atoms with van der Waals surface area (Å²) in [6.45, 7) is 6.66. The first kappa shape index (κ1) is 14.3. The normalized spacial score (nSPS) is 17.5. The number of aliphatic hydroxyl groups is 1. The van der Waals surface area contributed by atoms with E-state index in [2.05, 4.69) is 41.4 Å². The second kappa shape index (κ2) is 7.48. The highest BCUT2D eigenvalue weighted by molar-refractivity contribution is 5.47. The SMILES string of the molecule is CC[C@@H](CO)NCc1ccc(N2CCOCC2)cc1. The lowest BCUT2D eigenvalue weighted by Gasteiger charge is -2.29. The molecule has 0 saturated carbocycles. The van der Waals surface area contributed by atoms with Crippen molar-refractivity contribution in [1.82, 2.24) is 5.32 Å². The van der Waals surface area contributed by atoms with Gasteiger partial charge in [0.05, 0.1) is 19.8 Å². The van der Waals surface area contributed by atoms with Gasteiger partial charge in [0.1, 0.15) is 0 Å². The highest BCUT2D eigenvalue weighted by atomic mass is 16.5. The van der Waals surface area contributed by atoms with E-state index in [-0.39, 0.29) is 12.6 Å². The van der Waals surface area contributed by atoms with Gasteiger partial charge in [0.15, 0.2) is 0 Å². The Hall–Kier alpha value is -1.10. The van der Waals surface area contributed by atoms with Crippen molar-refractivity contribution in [2.75, 3.05) is 37.8 Å². The molecule has 19 heavy (non-hydrogen) atoms. The standard InChI is InChI=1S/C15H24N2O2/c1-2-14(12-18)16-11-13-3-5-15(6-4-13)17-7-9-19-10-8-17/h3-6,14,16,18H,2,7-12H2,1H3/t14-/m0/s1. The van der Waals surface area contributed by atoms with E-state index < -0.39 is 0 Å². The van der Waals surface area contributed by atoms with Crippen LogP contribution in [0.15, 0.2) is 24.3 Å². The van der Waals surface area contributed by atoms with E-state index in [1.54, 1.807) is 0 Å². The Morgan fingerprint density at radius 3 is 2.53 bits per heavy atom. The fourth-order valence-electron chi connectivity index (χ4n) is 2.25. The summed E-state index contributed by atoms with van der Waals surface area (Å²) in [4.78, 5) is 2.35. The van der Waals surface area contributed by atoms with Crippen LogP contribution < -0.4 is 10.2 Å². The van der Waals surface area contributed by atoms with E-state index in [0.717, 1.165) is 39.3 Å². The zero-order valence-corrected chi connectivity index (χ0v) is 11.6. The van der Waals surface area contributed by atoms with Crippen LogP contribution in [0.5, 0.6) is 0 Å². The van der Waals surface area contributed by atoms with Crippen LogP contribution in [0.4, 0.5) is 5.69 Å². The second-order valence-electron chi connectivity index (χ2n) is 4.93. The number of rotatable bonds is 6. The Morgan fingerprint density at radius 1 is 1.26 bits per heavy atom. The molecule has 1 saturated heterocycles. The molecular weight excluding hydrogens is 240 g/mol. The number of anilines is 1. The molecule has 0 spiro atoms. The molecule has 0 unspecified atom stereocenters. The molecule has 1 aliphatic heterocycles. The van der Waals surface area contributed by atoms with E-state index in [9.17, 15) is 0 Å². The van der Waals surface area contributed by atoms with Gasteiger partial charge in [-0.3, -0.25) is 0 Å². The predicted molar refractivity (Wildman–Crippen MR) is 77.5 cm³/mol. The molecule has 1 aromatic rings. The van der Waals surface area contributed by atoms with Crippen molar-refractivity contribution >= 4 is 5.69 Å². The van der Waals surface area contributed by atoms with Crippen molar-refractivity contribution in [3.63, 3.8) is 0 Å². The molecule has 1 fully saturated rings. The summed E-state index contributed by atoms with van der Waals surface area (Å²) in [5.41, 5.74) is 2.52. The number of hydrogen-bond acceptors (Lipinski definition) is 4. The first-order chi connectivity index (χ1) is 9.33. The highest BCUT2D eigenvalue weighted by Crippen LogP contribution is 2.16. The Morgan fingerprint density at radius 2 is 1.95 bits per heavy atom. The predicted octanol–water partition coefficient (Wildman–Crippen LogP) is 1.38. The van der Waals surface area contributed by atoms with Gasteiger partial charge in [0.25, 0.3) is 0 Å². The Labute approximate surface area is 115 Å². The van der Waals surface area contributed by atoms with E-state index >= 15 is 0 Å². The van der Waals surface area contributed by atoms with E-state index in [1.165, 1.54) is 11.3 Å². The fourth-order valence-corrected chi connectivity index (χ4v) is 2.25. The summed E-state index contributed by atoms with van der Waals surface area (Å²) < 4.78 is 5.36. The van der Waals surface area contributed by atoms with Crippen molar-refractivity contribution in [1.29, 1.82) is 0 Å². The van der Waals surface area contributed by atoms with Gasteiger partial charge in [0, 0.05) is 31.4 Å². The largest absolute Gasteiger partial charge is 0.395 e. The molecule has 2 N–H and O–H groups in total. The minimum Gasteiger partial charge on any atom is -0.395 e. The molecule has 0 radical (unpaired) electrons. The Kier molecular flexibility index (Phi) is 5.63. The highest BCUT2D eigenvalue weighted by Gasteiger charge is 2.10. The lowest BCUT2D eigenvalue weighted by atomic mass is 10.1. The molecule has 1 aromatic carbocycles. The van der Waals surface area contributed by atoms with Crippen LogP contribution >= 0.6 is 0 Å². The van der Waals surface area contributed by atoms with E-state index in [4.69, 9.17) is 9.84 Å². The topological polar surface area (TPSA) is 44.7 Å². The third-order valence-corrected chi connectivity index (χ3v) is 3.62. The van der Waals surface area contributed by atoms with Gasteiger partial charge in [-0.2, -0.15) is 0 Å². The number of nitrogens with zero attached hydrogens (tertiary/aromatic N) is 1. The molecule has 0 aliphatic carbocycles. The summed E-state index contributed by atoms with van der Waals surface area (Å²) in [5, 5.41) is 12.5. The lowest BCUT2D eigenvalue weighted by Crippen LogP contribution is -2.36. The van der Waals surface area contributed by atoms with Crippen LogP contribution in [0, 0.1) is 0 Å². The molecule has 1 aliphatic rings. The number of hydrogen-bond donors (Lipinski definition) is 2. The van der Waals surface area contributed by atoms with Gasteiger partial charge in [0.2, 0.25) is 0 Å². The molecule has 4 heteroatoms. The van der Waals surface area contributed by atoms with Crippen molar-refractivity contribution in [3.8, 4) is 0 Å². The number of benzene rings is 1. The lowest BCUT2D eigenvalue weighted by molar-refractivity contribution is 0.122. The molecule has 4 nitrogen and oxygen atoms in total. The second-order valence-corrected chi connectivity index (χ2v) is 4.93. The number of aliphatic hydroxyl groups excluding tert-OH is 1. The molecule has 1 heterocycles. The average molecular weight is 264 g/mol. The van der Waals surface area contributed by atoms with Crippen LogP contribution in [0.25, 0.3) is 0 Å². The van der Waals surface area contributed by atoms with Crippen LogP contribution in [-0.4, -0.2) is 44.1 Å². The molecule has 0 amide bonds. The van der Waals surface area contributed by atoms with Gasteiger partial charge in [-0.05, 0) is 24.1 Å². The zero-order chi connectivity index (χ0) is 13.5. The van der Waals surface area contributed by atoms with Gasteiger partial charge in [-0.1, -0.05) is 19.1 Å². The van der Waals surface area contributed by atoms with Crippen molar-refractivity contribution < 1.29 is 9.84 Å². The summed E-state index contributed by atoms with van der Waals surface area (Å²) in [5.74, 6) is 0. The maximum atomic E-state index is 9.14. The number of ether oxygens (including phenoxy) is 1. The molecule has 106 valence electrons. The summed E-state index contributed by atoms with van der Waals surface area (Å²) >= 11 is 0. The number of nitrogens with one attached hydrogen (secondary N) is 1. The third kappa shape index (κ3) is 4.20. The smallest absolute Gasteiger partial charge is 0.0642 e. The average Bonchev–Trinajstić information content (AvgIpc) is 2.50. The molecule has 1 atom stereocenters. The maximum Gasteiger partial charge on any atom is 0.0642 e. The third-order valence-electron chi connectivity index (χ3n) is 3.62. The fraction of sp³-hybridized carbons (Fsp3) is 0.600. The van der Waals surface area contributed by atoms with E-state index in [0.29, 0.717) is 0 Å². The minimum absolute atomic E-state index is 0.193. The monoisotopic (exact) mass is 264 g/mol. The van der Waals surface area contributed by atoms with Crippen LogP contribution in [0.1, 0.15) is 18.9 Å². The van der Waals surface area contributed by atoms with Gasteiger partial charge in [-0.15, -0.1) is 0 Å². The van der Waals surface area contributed by atoms with Crippen LogP contribution in [-0.2, 0) is 11.3 Å². The Bertz CT molecular complexity index is 357. The quantitative estimate of drug-likeness (QED) is 0.815. The van der Waals surface area contributed by atoms with Gasteiger partial charge >= 0.3 is 0 Å². The first-order valence-corrected chi connectivity index (χ1v) is 7.09. The zero-order valence-electron chi connectivity index (χ0n) is 11.6. The summed E-state index contributed by atoms with van der Waals surface area (Å²) in [6.07, 6.45) is 0.947. The minimum atomic E-state index is 0.193. The van der Waals surface area contributed by atoms with Crippen LogP contribution in [0.2, 0.25) is 0 Å². The first-order valence-electron chi connectivity index (χ1n) is 7.09. The van der Waals surface area contributed by atoms with Crippen molar-refractivity contribution in [2.45, 2.75) is 25.9 Å². The molecule has 2 rings (SSSR count). The van der Waals surface area contributed by atoms with Crippen LogP contribution in [0.3, 0.4) is 0 Å². The Balaban J connectivity index is 1.87. The summed E-state index contributed by atoms with van der Waals surface area (Å²) in [7, 11) is 0. The van der Waals surface area contributed by atoms with Gasteiger partial charge in [-0.25, -0.2) is 0 Å². The maximum absolute atomic E-state index is 9.14. The molecule has 0 bridgehead atoms. The van der Waals surface area contributed by atoms with Crippen molar-refractivity contribution in [2.24, 2.45) is 0 Å². The number of morpholine rings is 1. The summed E-state index contributed by atoms with van der Waals surface area (Å²) in [6, 6.07) is 8.84. The van der Waals surface area contributed by atoms with E-state index in [1.807, 2.05) is 0 Å². The molecule has 0 aromatic heterocycles. The van der Waals surface area contributed by atoms with Gasteiger partial charge < -0.3 is 20.1 Å².